The average molecular weight is 341 g/mol. The Bertz CT molecular complexity index is 917. The van der Waals surface area contributed by atoms with E-state index < -0.39 is 0 Å². The van der Waals surface area contributed by atoms with Crippen molar-refractivity contribution in [1.29, 1.82) is 0 Å². The van der Waals surface area contributed by atoms with Crippen LogP contribution in [0.4, 0.5) is 0 Å². The zero-order valence-electron chi connectivity index (χ0n) is 13.4. The first-order valence-electron chi connectivity index (χ1n) is 7.64. The van der Waals surface area contributed by atoms with Crippen LogP contribution >= 0.6 is 11.6 Å². The fraction of sp³-hybridized carbons (Fsp3) is 0.158. The number of pyridine rings is 2. The molecule has 5 heteroatoms. The highest BCUT2D eigenvalue weighted by Crippen LogP contribution is 2.29. The fourth-order valence-corrected chi connectivity index (χ4v) is 2.85. The van der Waals surface area contributed by atoms with Gasteiger partial charge in [-0.2, -0.15) is 0 Å². The number of aromatic hydroxyl groups is 1. The highest BCUT2D eigenvalue weighted by Gasteiger charge is 2.19. The summed E-state index contributed by atoms with van der Waals surface area (Å²) in [6.45, 7) is 3.76. The van der Waals surface area contributed by atoms with E-state index in [1.165, 1.54) is 0 Å². The minimum atomic E-state index is -0.244. The lowest BCUT2D eigenvalue weighted by molar-refractivity contribution is 0.461. The molecule has 2 heterocycles. The number of nitrogens with zero attached hydrogens (tertiary/aromatic N) is 2. The Kier molecular flexibility index (Phi) is 4.40. The van der Waals surface area contributed by atoms with Crippen molar-refractivity contribution in [2.24, 2.45) is 0 Å². The molecule has 122 valence electrons. The molecule has 0 unspecified atom stereocenters. The summed E-state index contributed by atoms with van der Waals surface area (Å²) in [5, 5.41) is 11.0. The van der Waals surface area contributed by atoms with Crippen molar-refractivity contribution in [2.75, 3.05) is 0 Å². The number of aromatic nitrogens is 2. The first kappa shape index (κ1) is 16.3. The molecular formula is C19H17ClN2O2. The molecule has 0 radical (unpaired) electrons. The molecule has 24 heavy (non-hydrogen) atoms. The van der Waals surface area contributed by atoms with Crippen molar-refractivity contribution in [3.05, 3.63) is 75.8 Å². The SMILES string of the molecule is CC(C)c1c(O)cc(-c2cccnc2)n(-c2ccc(Cl)cc2)c1=O. The lowest BCUT2D eigenvalue weighted by atomic mass is 10.0. The molecule has 0 atom stereocenters. The third-order valence-corrected chi connectivity index (χ3v) is 4.10. The van der Waals surface area contributed by atoms with Crippen molar-refractivity contribution >= 4 is 11.6 Å². The second-order valence-electron chi connectivity index (χ2n) is 5.84. The lowest BCUT2D eigenvalue weighted by Crippen LogP contribution is -2.24. The first-order chi connectivity index (χ1) is 11.5. The van der Waals surface area contributed by atoms with Gasteiger partial charge in [-0.25, -0.2) is 0 Å². The van der Waals surface area contributed by atoms with Crippen LogP contribution in [0.25, 0.3) is 16.9 Å². The molecule has 0 aliphatic rings. The van der Waals surface area contributed by atoms with Gasteiger partial charge in [0.1, 0.15) is 5.75 Å². The van der Waals surface area contributed by atoms with E-state index in [1.54, 1.807) is 53.4 Å². The number of hydrogen-bond donors (Lipinski definition) is 1. The molecule has 0 aliphatic heterocycles. The molecule has 3 aromatic rings. The zero-order chi connectivity index (χ0) is 17.3. The fourth-order valence-electron chi connectivity index (χ4n) is 2.73. The largest absolute Gasteiger partial charge is 0.507 e. The molecule has 0 fully saturated rings. The van der Waals surface area contributed by atoms with Crippen LogP contribution in [0.2, 0.25) is 5.02 Å². The van der Waals surface area contributed by atoms with Crippen LogP contribution in [0.5, 0.6) is 5.75 Å². The monoisotopic (exact) mass is 340 g/mol. The summed E-state index contributed by atoms with van der Waals surface area (Å²) in [5.41, 5.74) is 2.15. The van der Waals surface area contributed by atoms with Crippen LogP contribution < -0.4 is 5.56 Å². The van der Waals surface area contributed by atoms with E-state index in [4.69, 9.17) is 11.6 Å². The summed E-state index contributed by atoms with van der Waals surface area (Å²) in [4.78, 5) is 17.2. The van der Waals surface area contributed by atoms with Crippen LogP contribution in [0.1, 0.15) is 25.3 Å². The summed E-state index contributed by atoms with van der Waals surface area (Å²) < 4.78 is 1.59. The van der Waals surface area contributed by atoms with Gasteiger partial charge in [0.05, 0.1) is 11.3 Å². The van der Waals surface area contributed by atoms with Gasteiger partial charge in [0, 0.05) is 34.7 Å². The summed E-state index contributed by atoms with van der Waals surface area (Å²) in [6, 6.07) is 12.3. The third-order valence-electron chi connectivity index (χ3n) is 3.84. The lowest BCUT2D eigenvalue weighted by Gasteiger charge is -2.17. The Morgan fingerprint density at radius 2 is 1.88 bits per heavy atom. The molecule has 1 aromatic carbocycles. The summed E-state index contributed by atoms with van der Waals surface area (Å²) in [7, 11) is 0. The van der Waals surface area contributed by atoms with E-state index in [0.717, 1.165) is 5.56 Å². The molecule has 1 N–H and O–H groups in total. The minimum absolute atomic E-state index is 0.000864. The van der Waals surface area contributed by atoms with Crippen LogP contribution in [0, 0.1) is 0 Å². The second-order valence-corrected chi connectivity index (χ2v) is 6.28. The predicted octanol–water partition coefficient (Wildman–Crippen LogP) is 4.38. The van der Waals surface area contributed by atoms with Crippen LogP contribution in [-0.4, -0.2) is 14.7 Å². The van der Waals surface area contributed by atoms with Gasteiger partial charge in [0.25, 0.3) is 5.56 Å². The van der Waals surface area contributed by atoms with E-state index in [1.807, 2.05) is 19.9 Å². The van der Waals surface area contributed by atoms with E-state index in [2.05, 4.69) is 4.98 Å². The van der Waals surface area contributed by atoms with Crippen molar-refractivity contribution in [2.45, 2.75) is 19.8 Å². The van der Waals surface area contributed by atoms with Crippen molar-refractivity contribution in [3.8, 4) is 22.7 Å². The molecule has 0 aliphatic carbocycles. The van der Waals surface area contributed by atoms with Gasteiger partial charge in [-0.05, 0) is 42.3 Å². The molecule has 0 saturated heterocycles. The molecule has 0 amide bonds. The molecule has 3 rings (SSSR count). The topological polar surface area (TPSA) is 55.1 Å². The van der Waals surface area contributed by atoms with E-state index in [0.29, 0.717) is 22.0 Å². The number of benzene rings is 1. The van der Waals surface area contributed by atoms with Gasteiger partial charge in [0.2, 0.25) is 0 Å². The van der Waals surface area contributed by atoms with E-state index >= 15 is 0 Å². The van der Waals surface area contributed by atoms with Gasteiger partial charge in [-0.15, -0.1) is 0 Å². The molecule has 0 saturated carbocycles. The Hall–Kier alpha value is -2.59. The van der Waals surface area contributed by atoms with Crippen LogP contribution in [0.3, 0.4) is 0 Å². The van der Waals surface area contributed by atoms with Gasteiger partial charge >= 0.3 is 0 Å². The normalized spacial score (nSPS) is 11.0. The molecule has 2 aromatic heterocycles. The highest BCUT2D eigenvalue weighted by molar-refractivity contribution is 6.30. The number of rotatable bonds is 3. The Balaban J connectivity index is 2.37. The number of halogens is 1. The van der Waals surface area contributed by atoms with E-state index in [-0.39, 0.29) is 17.2 Å². The van der Waals surface area contributed by atoms with Crippen LogP contribution in [0.15, 0.2) is 59.7 Å². The van der Waals surface area contributed by atoms with Gasteiger partial charge in [-0.3, -0.25) is 14.3 Å². The molecule has 0 spiro atoms. The smallest absolute Gasteiger partial charge is 0.262 e. The Morgan fingerprint density at radius 3 is 2.46 bits per heavy atom. The maximum atomic E-state index is 13.1. The first-order valence-corrected chi connectivity index (χ1v) is 8.02. The van der Waals surface area contributed by atoms with Crippen LogP contribution in [-0.2, 0) is 0 Å². The zero-order valence-corrected chi connectivity index (χ0v) is 14.2. The summed E-state index contributed by atoms with van der Waals surface area (Å²) in [6.07, 6.45) is 3.33. The number of hydrogen-bond acceptors (Lipinski definition) is 3. The third kappa shape index (κ3) is 2.93. The quantitative estimate of drug-likeness (QED) is 0.769. The highest BCUT2D eigenvalue weighted by atomic mass is 35.5. The van der Waals surface area contributed by atoms with Gasteiger partial charge in [0.15, 0.2) is 0 Å². The standard InChI is InChI=1S/C19H17ClN2O2/c1-12(2)18-17(23)10-16(13-4-3-9-21-11-13)22(19(18)24)15-7-5-14(20)6-8-15/h3-12,23H,1-2H3. The van der Waals surface area contributed by atoms with Crippen molar-refractivity contribution < 1.29 is 5.11 Å². The summed E-state index contributed by atoms with van der Waals surface area (Å²) in [5.74, 6) is -0.0990. The Morgan fingerprint density at radius 1 is 1.17 bits per heavy atom. The van der Waals surface area contributed by atoms with Gasteiger partial charge in [-0.1, -0.05) is 25.4 Å². The minimum Gasteiger partial charge on any atom is -0.507 e. The Labute approximate surface area is 145 Å². The van der Waals surface area contributed by atoms with Gasteiger partial charge < -0.3 is 5.11 Å². The maximum absolute atomic E-state index is 13.1. The summed E-state index contributed by atoms with van der Waals surface area (Å²) >= 11 is 5.97. The van der Waals surface area contributed by atoms with Crippen molar-refractivity contribution in [3.63, 3.8) is 0 Å². The average Bonchev–Trinajstić information content (AvgIpc) is 2.56. The van der Waals surface area contributed by atoms with Crippen molar-refractivity contribution in [1.82, 2.24) is 9.55 Å². The molecule has 0 bridgehead atoms. The second kappa shape index (κ2) is 6.49. The predicted molar refractivity (Wildman–Crippen MR) is 96.0 cm³/mol. The maximum Gasteiger partial charge on any atom is 0.262 e. The molecule has 4 nitrogen and oxygen atoms in total. The molecular weight excluding hydrogens is 324 g/mol. The van der Waals surface area contributed by atoms with E-state index in [9.17, 15) is 9.90 Å².